The van der Waals surface area contributed by atoms with Crippen molar-refractivity contribution in [1.82, 2.24) is 15.0 Å². The molecule has 0 unspecified atom stereocenters. The SMILES string of the molecule is Cc1c(C(=O)OC(C)(C)C)nnn1Cc1ccc(I)cc1. The van der Waals surface area contributed by atoms with E-state index in [0.717, 1.165) is 5.56 Å². The first-order valence-electron chi connectivity index (χ1n) is 6.64. The molecule has 2 aromatic rings. The van der Waals surface area contributed by atoms with E-state index in [4.69, 9.17) is 4.74 Å². The third kappa shape index (κ3) is 4.26. The van der Waals surface area contributed by atoms with Gasteiger partial charge in [0.1, 0.15) is 5.60 Å². The summed E-state index contributed by atoms with van der Waals surface area (Å²) in [4.78, 5) is 12.1. The zero-order valence-electron chi connectivity index (χ0n) is 12.6. The van der Waals surface area contributed by atoms with Gasteiger partial charge in [-0.1, -0.05) is 17.3 Å². The Kier molecular flexibility index (Phi) is 4.65. The fourth-order valence-electron chi connectivity index (χ4n) is 1.79. The minimum absolute atomic E-state index is 0.274. The Balaban J connectivity index is 2.17. The second kappa shape index (κ2) is 6.13. The summed E-state index contributed by atoms with van der Waals surface area (Å²) < 4.78 is 8.22. The maximum atomic E-state index is 12.1. The second-order valence-electron chi connectivity index (χ2n) is 5.81. The molecule has 5 nitrogen and oxygen atoms in total. The Morgan fingerprint density at radius 3 is 2.48 bits per heavy atom. The molecule has 112 valence electrons. The van der Waals surface area contributed by atoms with E-state index in [9.17, 15) is 4.79 Å². The zero-order chi connectivity index (χ0) is 15.6. The molecule has 2 rings (SSSR count). The van der Waals surface area contributed by atoms with E-state index in [2.05, 4.69) is 32.9 Å². The van der Waals surface area contributed by atoms with Gasteiger partial charge in [0.2, 0.25) is 0 Å². The lowest BCUT2D eigenvalue weighted by atomic mass is 10.2. The third-order valence-electron chi connectivity index (χ3n) is 2.82. The number of benzene rings is 1. The smallest absolute Gasteiger partial charge is 0.361 e. The van der Waals surface area contributed by atoms with Gasteiger partial charge >= 0.3 is 5.97 Å². The molecule has 0 saturated carbocycles. The molecule has 0 bridgehead atoms. The molecular weight excluding hydrogens is 381 g/mol. The van der Waals surface area contributed by atoms with Crippen LogP contribution in [0.5, 0.6) is 0 Å². The van der Waals surface area contributed by atoms with Crippen molar-refractivity contribution >= 4 is 28.6 Å². The van der Waals surface area contributed by atoms with Crippen molar-refractivity contribution in [2.45, 2.75) is 39.8 Å². The van der Waals surface area contributed by atoms with E-state index in [1.54, 1.807) is 4.68 Å². The highest BCUT2D eigenvalue weighted by molar-refractivity contribution is 14.1. The molecule has 0 spiro atoms. The topological polar surface area (TPSA) is 57.0 Å². The highest BCUT2D eigenvalue weighted by Gasteiger charge is 2.23. The van der Waals surface area contributed by atoms with Crippen molar-refractivity contribution in [2.75, 3.05) is 0 Å². The number of esters is 1. The zero-order valence-corrected chi connectivity index (χ0v) is 14.7. The number of hydrogen-bond donors (Lipinski definition) is 0. The summed E-state index contributed by atoms with van der Waals surface area (Å²) in [5, 5.41) is 8.00. The summed E-state index contributed by atoms with van der Waals surface area (Å²) in [5.41, 5.74) is 1.56. The first-order chi connectivity index (χ1) is 9.76. The average molecular weight is 399 g/mol. The summed E-state index contributed by atoms with van der Waals surface area (Å²) in [6, 6.07) is 8.15. The molecule has 0 atom stereocenters. The highest BCUT2D eigenvalue weighted by atomic mass is 127. The van der Waals surface area contributed by atoms with Gasteiger partial charge < -0.3 is 4.74 Å². The van der Waals surface area contributed by atoms with Crippen molar-refractivity contribution < 1.29 is 9.53 Å². The molecule has 1 heterocycles. The number of nitrogens with zero attached hydrogens (tertiary/aromatic N) is 3. The Morgan fingerprint density at radius 2 is 1.90 bits per heavy atom. The minimum Gasteiger partial charge on any atom is -0.455 e. The molecular formula is C15H18IN3O2. The number of carbonyl (C=O) groups excluding carboxylic acids is 1. The van der Waals surface area contributed by atoms with Gasteiger partial charge in [0.15, 0.2) is 5.69 Å². The molecule has 0 aliphatic carbocycles. The van der Waals surface area contributed by atoms with Gasteiger partial charge in [-0.15, -0.1) is 5.10 Å². The van der Waals surface area contributed by atoms with E-state index >= 15 is 0 Å². The number of aromatic nitrogens is 3. The lowest BCUT2D eigenvalue weighted by Gasteiger charge is -2.18. The molecule has 1 aromatic heterocycles. The summed E-state index contributed by atoms with van der Waals surface area (Å²) in [6.07, 6.45) is 0. The molecule has 0 aliphatic heterocycles. The molecule has 21 heavy (non-hydrogen) atoms. The standard InChI is InChI=1S/C15H18IN3O2/c1-10-13(14(20)21-15(2,3)4)17-18-19(10)9-11-5-7-12(16)8-6-11/h5-8H,9H2,1-4H3. The first-order valence-corrected chi connectivity index (χ1v) is 7.72. The fourth-order valence-corrected chi connectivity index (χ4v) is 2.15. The molecule has 0 fully saturated rings. The maximum Gasteiger partial charge on any atom is 0.361 e. The molecule has 0 aliphatic rings. The summed E-state index contributed by atoms with van der Waals surface area (Å²) >= 11 is 2.26. The number of halogens is 1. The fraction of sp³-hybridized carbons (Fsp3) is 0.400. The van der Waals surface area contributed by atoms with Crippen LogP contribution in [0.15, 0.2) is 24.3 Å². The van der Waals surface area contributed by atoms with Crippen LogP contribution in [0.25, 0.3) is 0 Å². The van der Waals surface area contributed by atoms with Gasteiger partial charge in [0.05, 0.1) is 12.2 Å². The van der Waals surface area contributed by atoms with Crippen LogP contribution in [-0.2, 0) is 11.3 Å². The number of hydrogen-bond acceptors (Lipinski definition) is 4. The van der Waals surface area contributed by atoms with Crippen LogP contribution in [0.2, 0.25) is 0 Å². The number of ether oxygens (including phenoxy) is 1. The lowest BCUT2D eigenvalue weighted by molar-refractivity contribution is 0.00619. The van der Waals surface area contributed by atoms with Crippen LogP contribution in [0.4, 0.5) is 0 Å². The highest BCUT2D eigenvalue weighted by Crippen LogP contribution is 2.14. The summed E-state index contributed by atoms with van der Waals surface area (Å²) in [7, 11) is 0. The molecule has 0 amide bonds. The van der Waals surface area contributed by atoms with Crippen LogP contribution in [0.3, 0.4) is 0 Å². The Hall–Kier alpha value is -1.44. The maximum absolute atomic E-state index is 12.1. The Bertz CT molecular complexity index is 642. The quantitative estimate of drug-likeness (QED) is 0.588. The molecule has 0 N–H and O–H groups in total. The van der Waals surface area contributed by atoms with Gasteiger partial charge in [-0.05, 0) is 68.0 Å². The number of carbonyl (C=O) groups is 1. The van der Waals surface area contributed by atoms with Gasteiger partial charge in [0, 0.05) is 3.57 Å². The first kappa shape index (κ1) is 15.9. The van der Waals surface area contributed by atoms with Crippen LogP contribution in [0.1, 0.15) is 42.5 Å². The predicted octanol–water partition coefficient (Wildman–Crippen LogP) is 3.19. The third-order valence-corrected chi connectivity index (χ3v) is 3.54. The van der Waals surface area contributed by atoms with Gasteiger partial charge in [0.25, 0.3) is 0 Å². The Morgan fingerprint density at radius 1 is 1.29 bits per heavy atom. The molecule has 6 heteroatoms. The van der Waals surface area contributed by atoms with Crippen LogP contribution >= 0.6 is 22.6 Å². The predicted molar refractivity (Wildman–Crippen MR) is 88.2 cm³/mol. The largest absolute Gasteiger partial charge is 0.455 e. The van der Waals surface area contributed by atoms with Crippen molar-refractivity contribution in [3.8, 4) is 0 Å². The van der Waals surface area contributed by atoms with Crippen LogP contribution in [0, 0.1) is 10.5 Å². The van der Waals surface area contributed by atoms with Gasteiger partial charge in [-0.25, -0.2) is 9.48 Å². The monoisotopic (exact) mass is 399 g/mol. The van der Waals surface area contributed by atoms with Crippen molar-refractivity contribution in [3.05, 3.63) is 44.8 Å². The Labute approximate surface area is 137 Å². The van der Waals surface area contributed by atoms with E-state index in [-0.39, 0.29) is 5.69 Å². The second-order valence-corrected chi connectivity index (χ2v) is 7.06. The molecule has 0 saturated heterocycles. The lowest BCUT2D eigenvalue weighted by Crippen LogP contribution is -2.24. The number of rotatable bonds is 3. The molecule has 1 aromatic carbocycles. The minimum atomic E-state index is -0.538. The van der Waals surface area contributed by atoms with E-state index in [1.807, 2.05) is 52.0 Å². The summed E-state index contributed by atoms with van der Waals surface area (Å²) in [6.45, 7) is 7.90. The van der Waals surface area contributed by atoms with E-state index in [0.29, 0.717) is 12.2 Å². The van der Waals surface area contributed by atoms with Gasteiger partial charge in [-0.3, -0.25) is 0 Å². The van der Waals surface area contributed by atoms with Crippen molar-refractivity contribution in [1.29, 1.82) is 0 Å². The van der Waals surface area contributed by atoms with E-state index < -0.39 is 11.6 Å². The van der Waals surface area contributed by atoms with E-state index in [1.165, 1.54) is 3.57 Å². The average Bonchev–Trinajstić information content (AvgIpc) is 2.72. The van der Waals surface area contributed by atoms with Crippen LogP contribution < -0.4 is 0 Å². The normalized spacial score (nSPS) is 11.5. The van der Waals surface area contributed by atoms with Crippen LogP contribution in [-0.4, -0.2) is 26.6 Å². The summed E-state index contributed by atoms with van der Waals surface area (Å²) in [5.74, 6) is -0.436. The molecule has 0 radical (unpaired) electrons. The van der Waals surface area contributed by atoms with Gasteiger partial charge in [-0.2, -0.15) is 0 Å². The van der Waals surface area contributed by atoms with Crippen molar-refractivity contribution in [2.24, 2.45) is 0 Å². The van der Waals surface area contributed by atoms with Crippen molar-refractivity contribution in [3.63, 3.8) is 0 Å².